The van der Waals surface area contributed by atoms with E-state index in [1.54, 1.807) is 6.92 Å². The Balaban J connectivity index is 4.60. The molecule has 2 nitrogen and oxygen atoms in total. The highest BCUT2D eigenvalue weighted by atomic mass is 16.3. The first-order valence-corrected chi connectivity index (χ1v) is 5.95. The second-order valence-electron chi connectivity index (χ2n) is 4.37. The van der Waals surface area contributed by atoms with Gasteiger partial charge < -0.3 is 5.11 Å². The monoisotopic (exact) mass is 224 g/mol. The molecule has 0 radical (unpaired) electrons. The molecule has 0 heterocycles. The minimum absolute atomic E-state index is 0.140. The molecule has 0 spiro atoms. The van der Waals surface area contributed by atoms with Crippen molar-refractivity contribution in [1.29, 1.82) is 0 Å². The van der Waals surface area contributed by atoms with E-state index in [-0.39, 0.29) is 11.7 Å². The van der Waals surface area contributed by atoms with Gasteiger partial charge in [0.2, 0.25) is 0 Å². The van der Waals surface area contributed by atoms with Crippen molar-refractivity contribution in [2.45, 2.75) is 53.6 Å². The summed E-state index contributed by atoms with van der Waals surface area (Å²) in [6.45, 7) is 9.58. The largest absolute Gasteiger partial charge is 0.388 e. The zero-order valence-corrected chi connectivity index (χ0v) is 11.1. The second-order valence-corrected chi connectivity index (χ2v) is 4.37. The van der Waals surface area contributed by atoms with Crippen molar-refractivity contribution in [3.05, 3.63) is 23.3 Å². The maximum atomic E-state index is 11.6. The van der Waals surface area contributed by atoms with Crippen LogP contribution in [0.15, 0.2) is 23.3 Å². The molecule has 0 aromatic heterocycles. The van der Waals surface area contributed by atoms with Gasteiger partial charge in [0.15, 0.2) is 0 Å². The van der Waals surface area contributed by atoms with Crippen LogP contribution < -0.4 is 0 Å². The summed E-state index contributed by atoms with van der Waals surface area (Å²) < 4.78 is 0. The van der Waals surface area contributed by atoms with E-state index in [2.05, 4.69) is 0 Å². The summed E-state index contributed by atoms with van der Waals surface area (Å²) in [5.41, 5.74) is 1.96. The lowest BCUT2D eigenvalue weighted by atomic mass is 9.91. The average Bonchev–Trinajstić information content (AvgIpc) is 2.26. The number of carbonyl (C=O) groups excluding carboxylic acids is 1. The van der Waals surface area contributed by atoms with Crippen molar-refractivity contribution >= 4 is 5.78 Å². The van der Waals surface area contributed by atoms with Gasteiger partial charge >= 0.3 is 0 Å². The molecule has 1 N–H and O–H groups in total. The van der Waals surface area contributed by atoms with Crippen LogP contribution in [0.1, 0.15) is 47.5 Å². The van der Waals surface area contributed by atoms with E-state index in [0.29, 0.717) is 6.42 Å². The normalized spacial score (nSPS) is 17.1. The van der Waals surface area contributed by atoms with Crippen molar-refractivity contribution in [2.75, 3.05) is 0 Å². The highest BCUT2D eigenvalue weighted by Gasteiger charge is 2.22. The smallest absolute Gasteiger partial charge is 0.138 e. The van der Waals surface area contributed by atoms with E-state index in [0.717, 1.165) is 17.6 Å². The van der Waals surface area contributed by atoms with E-state index in [1.807, 2.05) is 39.8 Å². The molecule has 0 saturated heterocycles. The molecule has 92 valence electrons. The second kappa shape index (κ2) is 7.39. The van der Waals surface area contributed by atoms with Crippen LogP contribution in [-0.2, 0) is 4.79 Å². The number of aliphatic hydroxyl groups excluding tert-OH is 1. The van der Waals surface area contributed by atoms with E-state index >= 15 is 0 Å². The van der Waals surface area contributed by atoms with Crippen LogP contribution in [0.4, 0.5) is 0 Å². The number of ketones is 1. The quantitative estimate of drug-likeness (QED) is 0.703. The minimum atomic E-state index is -0.658. The zero-order chi connectivity index (χ0) is 12.7. The Labute approximate surface area is 99.1 Å². The summed E-state index contributed by atoms with van der Waals surface area (Å²) in [4.78, 5) is 11.6. The number of hydrogen-bond donors (Lipinski definition) is 1. The van der Waals surface area contributed by atoms with E-state index in [9.17, 15) is 9.90 Å². The SMILES string of the molecule is C/C=C(C)/C=C(\C)[C@H](O)[C@H](C)C(=O)CCC. The summed E-state index contributed by atoms with van der Waals surface area (Å²) in [5.74, 6) is -0.165. The Morgan fingerprint density at radius 2 is 1.94 bits per heavy atom. The van der Waals surface area contributed by atoms with Crippen molar-refractivity contribution in [2.24, 2.45) is 5.92 Å². The van der Waals surface area contributed by atoms with Gasteiger partial charge in [0.1, 0.15) is 5.78 Å². The molecular formula is C14H24O2. The first-order chi connectivity index (χ1) is 7.43. The number of hydrogen-bond acceptors (Lipinski definition) is 2. The maximum Gasteiger partial charge on any atom is 0.138 e. The van der Waals surface area contributed by atoms with Crippen molar-refractivity contribution in [1.82, 2.24) is 0 Å². The predicted octanol–water partition coefficient (Wildman–Crippen LogP) is 3.27. The van der Waals surface area contributed by atoms with Crippen LogP contribution in [0, 0.1) is 5.92 Å². The third-order valence-corrected chi connectivity index (χ3v) is 2.86. The van der Waals surface area contributed by atoms with Gasteiger partial charge in [-0.2, -0.15) is 0 Å². The molecule has 0 aromatic rings. The van der Waals surface area contributed by atoms with E-state index in [4.69, 9.17) is 0 Å². The van der Waals surface area contributed by atoms with Gasteiger partial charge in [-0.05, 0) is 32.8 Å². The fourth-order valence-electron chi connectivity index (χ4n) is 1.57. The molecule has 0 aliphatic rings. The van der Waals surface area contributed by atoms with E-state index in [1.165, 1.54) is 0 Å². The summed E-state index contributed by atoms with van der Waals surface area (Å²) in [5, 5.41) is 10.0. The molecule has 0 unspecified atom stereocenters. The number of carbonyl (C=O) groups is 1. The van der Waals surface area contributed by atoms with Gasteiger partial charge in [-0.3, -0.25) is 4.79 Å². The summed E-state index contributed by atoms with van der Waals surface area (Å²) >= 11 is 0. The third kappa shape index (κ3) is 4.75. The Hall–Kier alpha value is -0.890. The van der Waals surface area contributed by atoms with Crippen LogP contribution in [0.2, 0.25) is 0 Å². The molecule has 0 aromatic carbocycles. The minimum Gasteiger partial charge on any atom is -0.388 e. The van der Waals surface area contributed by atoms with Gasteiger partial charge in [0.25, 0.3) is 0 Å². The van der Waals surface area contributed by atoms with Gasteiger partial charge in [-0.15, -0.1) is 0 Å². The third-order valence-electron chi connectivity index (χ3n) is 2.86. The number of rotatable bonds is 6. The molecule has 0 fully saturated rings. The van der Waals surface area contributed by atoms with Crippen LogP contribution in [0.3, 0.4) is 0 Å². The summed E-state index contributed by atoms with van der Waals surface area (Å²) in [7, 11) is 0. The molecule has 0 aliphatic carbocycles. The van der Waals surface area contributed by atoms with Gasteiger partial charge in [0.05, 0.1) is 6.10 Å². The fourth-order valence-corrected chi connectivity index (χ4v) is 1.57. The number of allylic oxidation sites excluding steroid dienone is 3. The molecule has 16 heavy (non-hydrogen) atoms. The van der Waals surface area contributed by atoms with Crippen molar-refractivity contribution in [3.8, 4) is 0 Å². The molecule has 0 bridgehead atoms. The van der Waals surface area contributed by atoms with Crippen LogP contribution in [0.25, 0.3) is 0 Å². The lowest BCUT2D eigenvalue weighted by Crippen LogP contribution is -2.26. The Bertz CT molecular complexity index is 287. The van der Waals surface area contributed by atoms with Crippen molar-refractivity contribution < 1.29 is 9.90 Å². The van der Waals surface area contributed by atoms with Gasteiger partial charge in [-0.25, -0.2) is 0 Å². The Kier molecular flexibility index (Phi) is 6.98. The highest BCUT2D eigenvalue weighted by molar-refractivity contribution is 5.81. The average molecular weight is 224 g/mol. The lowest BCUT2D eigenvalue weighted by Gasteiger charge is -2.18. The molecule has 0 amide bonds. The Morgan fingerprint density at radius 3 is 2.38 bits per heavy atom. The molecule has 0 aliphatic heterocycles. The molecular weight excluding hydrogens is 200 g/mol. The first kappa shape index (κ1) is 15.1. The van der Waals surface area contributed by atoms with Crippen LogP contribution in [0.5, 0.6) is 0 Å². The number of aliphatic hydroxyl groups is 1. The van der Waals surface area contributed by atoms with Gasteiger partial charge in [-0.1, -0.05) is 31.6 Å². The first-order valence-electron chi connectivity index (χ1n) is 5.95. The molecule has 0 rings (SSSR count). The standard InChI is InChI=1S/C14H24O2/c1-6-8-13(15)12(5)14(16)11(4)9-10(3)7-2/h7,9,12,14,16H,6,8H2,1-5H3/b10-7+,11-9+/t12-,14+/m1/s1. The molecule has 2 atom stereocenters. The summed E-state index contributed by atoms with van der Waals surface area (Å²) in [6.07, 6.45) is 4.64. The van der Waals surface area contributed by atoms with Gasteiger partial charge in [0, 0.05) is 12.3 Å². The summed E-state index contributed by atoms with van der Waals surface area (Å²) in [6, 6.07) is 0. The maximum absolute atomic E-state index is 11.6. The lowest BCUT2D eigenvalue weighted by molar-refractivity contribution is -0.124. The van der Waals surface area contributed by atoms with Crippen LogP contribution in [-0.4, -0.2) is 17.0 Å². The number of Topliss-reactive ketones (excluding diaryl/α,β-unsaturated/α-hetero) is 1. The van der Waals surface area contributed by atoms with Crippen molar-refractivity contribution in [3.63, 3.8) is 0 Å². The molecule has 0 saturated carbocycles. The topological polar surface area (TPSA) is 37.3 Å². The molecule has 2 heteroatoms. The fraction of sp³-hybridized carbons (Fsp3) is 0.643. The predicted molar refractivity (Wildman–Crippen MR) is 68.3 cm³/mol. The van der Waals surface area contributed by atoms with Crippen LogP contribution >= 0.6 is 0 Å². The highest BCUT2D eigenvalue weighted by Crippen LogP contribution is 2.17. The zero-order valence-electron chi connectivity index (χ0n) is 11.1. The van der Waals surface area contributed by atoms with E-state index < -0.39 is 6.10 Å². The Morgan fingerprint density at radius 1 is 1.38 bits per heavy atom.